The molecular formula is C27H30ClN3O. The summed E-state index contributed by atoms with van der Waals surface area (Å²) in [5.74, 6) is 0. The molecule has 0 bridgehead atoms. The van der Waals surface area contributed by atoms with Crippen molar-refractivity contribution in [2.45, 2.75) is 25.9 Å². The molecule has 3 aromatic rings. The molecule has 1 fully saturated rings. The van der Waals surface area contributed by atoms with E-state index in [-0.39, 0.29) is 12.1 Å². The zero-order valence-corrected chi connectivity index (χ0v) is 19.5. The summed E-state index contributed by atoms with van der Waals surface area (Å²) in [6.07, 6.45) is 0.857. The minimum Gasteiger partial charge on any atom is -0.341 e. The zero-order valence-electron chi connectivity index (χ0n) is 18.7. The predicted octanol–water partition coefficient (Wildman–Crippen LogP) is 5.38. The molecule has 5 heteroatoms. The lowest BCUT2D eigenvalue weighted by molar-refractivity contribution is 0.0906. The van der Waals surface area contributed by atoms with Crippen LogP contribution in [0.2, 0.25) is 5.02 Å². The second-order valence-corrected chi connectivity index (χ2v) is 8.91. The summed E-state index contributed by atoms with van der Waals surface area (Å²) in [4.78, 5) is 16.9. The van der Waals surface area contributed by atoms with Gasteiger partial charge in [0.15, 0.2) is 0 Å². The van der Waals surface area contributed by atoms with Gasteiger partial charge < -0.3 is 10.2 Å². The van der Waals surface area contributed by atoms with Crippen molar-refractivity contribution in [2.75, 3.05) is 26.7 Å². The number of nitrogens with one attached hydrogen (secondary N) is 1. The molecule has 1 aliphatic rings. The number of carbonyl (C=O) groups is 1. The molecule has 2 amide bonds. The van der Waals surface area contributed by atoms with Gasteiger partial charge in [-0.15, -0.1) is 0 Å². The number of amides is 2. The molecule has 0 aromatic heterocycles. The third kappa shape index (κ3) is 5.32. The van der Waals surface area contributed by atoms with Crippen molar-refractivity contribution in [2.24, 2.45) is 0 Å². The Balaban J connectivity index is 1.45. The summed E-state index contributed by atoms with van der Waals surface area (Å²) in [5.41, 5.74) is 5.93. The topological polar surface area (TPSA) is 35.6 Å². The van der Waals surface area contributed by atoms with Gasteiger partial charge in [-0.25, -0.2) is 4.79 Å². The normalized spacial score (nSPS) is 16.7. The quantitative estimate of drug-likeness (QED) is 0.569. The second kappa shape index (κ2) is 10.2. The first-order chi connectivity index (χ1) is 15.5. The number of halogens is 1. The maximum atomic E-state index is 12.4. The van der Waals surface area contributed by atoms with Crippen LogP contribution in [0.4, 0.5) is 4.79 Å². The Morgan fingerprint density at radius 2 is 1.75 bits per heavy atom. The standard InChI is InChI=1S/C27H30ClN3O/c1-20-8-13-26(28)25(16-20)23-11-9-22(10-12-23)18-30-14-15-31(27(32)29-2)24(19-30)17-21-6-4-3-5-7-21/h3-13,16,24H,14-15,17-19H2,1-2H3,(H,29,32)/t24-/m0/s1. The molecule has 1 saturated heterocycles. The van der Waals surface area contributed by atoms with Crippen LogP contribution in [-0.2, 0) is 13.0 Å². The number of aryl methyl sites for hydroxylation is 1. The molecule has 0 unspecified atom stereocenters. The number of nitrogens with zero attached hydrogens (tertiary/aromatic N) is 2. The molecule has 1 aliphatic heterocycles. The fourth-order valence-electron chi connectivity index (χ4n) is 4.44. The highest BCUT2D eigenvalue weighted by Crippen LogP contribution is 2.29. The van der Waals surface area contributed by atoms with Gasteiger partial charge in [0.25, 0.3) is 0 Å². The monoisotopic (exact) mass is 447 g/mol. The molecule has 4 nitrogen and oxygen atoms in total. The molecule has 32 heavy (non-hydrogen) atoms. The van der Waals surface area contributed by atoms with Crippen LogP contribution in [0.15, 0.2) is 72.8 Å². The molecule has 1 heterocycles. The Labute approximate surface area is 195 Å². The Morgan fingerprint density at radius 1 is 1.00 bits per heavy atom. The van der Waals surface area contributed by atoms with Gasteiger partial charge in [0.05, 0.1) is 6.04 Å². The van der Waals surface area contributed by atoms with Gasteiger partial charge in [0.2, 0.25) is 0 Å². The van der Waals surface area contributed by atoms with Crippen molar-refractivity contribution in [3.63, 3.8) is 0 Å². The average Bonchev–Trinajstić information content (AvgIpc) is 2.82. The van der Waals surface area contributed by atoms with Crippen LogP contribution in [-0.4, -0.2) is 48.6 Å². The van der Waals surface area contributed by atoms with Gasteiger partial charge in [0.1, 0.15) is 0 Å². The number of rotatable bonds is 5. The Morgan fingerprint density at radius 3 is 2.47 bits per heavy atom. The van der Waals surface area contributed by atoms with E-state index in [9.17, 15) is 4.79 Å². The summed E-state index contributed by atoms with van der Waals surface area (Å²) in [5, 5.41) is 3.58. The Hall–Kier alpha value is -2.82. The van der Waals surface area contributed by atoms with E-state index in [1.165, 1.54) is 16.7 Å². The summed E-state index contributed by atoms with van der Waals surface area (Å²) in [6.45, 7) is 5.40. The lowest BCUT2D eigenvalue weighted by atomic mass is 10.0. The van der Waals surface area contributed by atoms with E-state index < -0.39 is 0 Å². The smallest absolute Gasteiger partial charge is 0.317 e. The Kier molecular flexibility index (Phi) is 7.13. The highest BCUT2D eigenvalue weighted by atomic mass is 35.5. The SMILES string of the molecule is CNC(=O)N1CCN(Cc2ccc(-c3cc(C)ccc3Cl)cc2)C[C@@H]1Cc1ccccc1. The third-order valence-corrected chi connectivity index (χ3v) is 6.48. The molecule has 1 N–H and O–H groups in total. The van der Waals surface area contributed by atoms with E-state index in [1.54, 1.807) is 7.05 Å². The van der Waals surface area contributed by atoms with Crippen molar-refractivity contribution in [1.29, 1.82) is 0 Å². The average molecular weight is 448 g/mol. The number of benzene rings is 3. The van der Waals surface area contributed by atoms with Gasteiger partial charge in [-0.1, -0.05) is 77.8 Å². The van der Waals surface area contributed by atoms with Crippen LogP contribution in [0, 0.1) is 6.92 Å². The van der Waals surface area contributed by atoms with Crippen molar-refractivity contribution in [3.05, 3.63) is 94.5 Å². The number of hydrogen-bond acceptors (Lipinski definition) is 2. The largest absolute Gasteiger partial charge is 0.341 e. The van der Waals surface area contributed by atoms with E-state index in [0.29, 0.717) is 0 Å². The maximum Gasteiger partial charge on any atom is 0.317 e. The number of hydrogen-bond donors (Lipinski definition) is 1. The lowest BCUT2D eigenvalue weighted by Gasteiger charge is -2.41. The van der Waals surface area contributed by atoms with Crippen LogP contribution in [0.3, 0.4) is 0 Å². The number of urea groups is 1. The summed E-state index contributed by atoms with van der Waals surface area (Å²) in [7, 11) is 1.70. The molecule has 0 radical (unpaired) electrons. The highest BCUT2D eigenvalue weighted by molar-refractivity contribution is 6.33. The van der Waals surface area contributed by atoms with Crippen LogP contribution in [0.5, 0.6) is 0 Å². The molecule has 4 rings (SSSR count). The van der Waals surface area contributed by atoms with Gasteiger partial charge in [-0.2, -0.15) is 0 Å². The molecule has 0 saturated carbocycles. The molecule has 0 spiro atoms. The van der Waals surface area contributed by atoms with Crippen molar-refractivity contribution >= 4 is 17.6 Å². The molecule has 3 aromatic carbocycles. The van der Waals surface area contributed by atoms with Crippen LogP contribution < -0.4 is 5.32 Å². The fraction of sp³-hybridized carbons (Fsp3) is 0.296. The highest BCUT2D eigenvalue weighted by Gasteiger charge is 2.30. The van der Waals surface area contributed by atoms with E-state index in [0.717, 1.165) is 48.7 Å². The minimum absolute atomic E-state index is 0.00460. The first-order valence-electron chi connectivity index (χ1n) is 11.1. The molecule has 1 atom stereocenters. The number of carbonyl (C=O) groups excluding carboxylic acids is 1. The van der Waals surface area contributed by atoms with Gasteiger partial charge in [0, 0.05) is 43.8 Å². The van der Waals surface area contributed by atoms with E-state index >= 15 is 0 Å². The predicted molar refractivity (Wildman–Crippen MR) is 132 cm³/mol. The fourth-order valence-corrected chi connectivity index (χ4v) is 4.67. The minimum atomic E-state index is 0.00460. The maximum absolute atomic E-state index is 12.4. The van der Waals surface area contributed by atoms with Gasteiger partial charge >= 0.3 is 6.03 Å². The van der Waals surface area contributed by atoms with Crippen molar-refractivity contribution < 1.29 is 4.79 Å². The molecule has 166 valence electrons. The summed E-state index contributed by atoms with van der Waals surface area (Å²) in [6, 6.07) is 25.4. The van der Waals surface area contributed by atoms with Gasteiger partial charge in [-0.05, 0) is 42.2 Å². The second-order valence-electron chi connectivity index (χ2n) is 8.51. The summed E-state index contributed by atoms with van der Waals surface area (Å²) < 4.78 is 0. The van der Waals surface area contributed by atoms with Crippen molar-refractivity contribution in [3.8, 4) is 11.1 Å². The van der Waals surface area contributed by atoms with Crippen LogP contribution in [0.1, 0.15) is 16.7 Å². The van der Waals surface area contributed by atoms with E-state index in [4.69, 9.17) is 11.6 Å². The van der Waals surface area contributed by atoms with E-state index in [1.807, 2.05) is 23.1 Å². The third-order valence-electron chi connectivity index (χ3n) is 6.15. The zero-order chi connectivity index (χ0) is 22.5. The van der Waals surface area contributed by atoms with Gasteiger partial charge in [-0.3, -0.25) is 4.90 Å². The van der Waals surface area contributed by atoms with Crippen LogP contribution in [0.25, 0.3) is 11.1 Å². The van der Waals surface area contributed by atoms with E-state index in [2.05, 4.69) is 71.7 Å². The first-order valence-corrected chi connectivity index (χ1v) is 11.5. The summed E-state index contributed by atoms with van der Waals surface area (Å²) >= 11 is 6.41. The lowest BCUT2D eigenvalue weighted by Crippen LogP contribution is -2.57. The van der Waals surface area contributed by atoms with Crippen molar-refractivity contribution in [1.82, 2.24) is 15.1 Å². The molecular weight excluding hydrogens is 418 g/mol. The van der Waals surface area contributed by atoms with Crippen LogP contribution >= 0.6 is 11.6 Å². The number of piperazine rings is 1. The Bertz CT molecular complexity index is 1050. The first kappa shape index (κ1) is 22.4. The molecule has 0 aliphatic carbocycles.